The van der Waals surface area contributed by atoms with Crippen LogP contribution in [0.2, 0.25) is 0 Å². The average molecular weight is 409 g/mol. The van der Waals surface area contributed by atoms with Gasteiger partial charge >= 0.3 is 0 Å². The van der Waals surface area contributed by atoms with E-state index in [4.69, 9.17) is 4.74 Å². The van der Waals surface area contributed by atoms with Crippen molar-refractivity contribution in [3.05, 3.63) is 64.8 Å². The average Bonchev–Trinajstić information content (AvgIpc) is 3.27. The first kappa shape index (κ1) is 18.9. The van der Waals surface area contributed by atoms with Gasteiger partial charge in [0.1, 0.15) is 18.5 Å². The van der Waals surface area contributed by atoms with Crippen LogP contribution in [0.5, 0.6) is 11.5 Å². The predicted molar refractivity (Wildman–Crippen MR) is 128 cm³/mol. The van der Waals surface area contributed by atoms with Gasteiger partial charge in [-0.3, -0.25) is 0 Å². The number of hydrogen-bond acceptors (Lipinski definition) is 1. The summed E-state index contributed by atoms with van der Waals surface area (Å²) < 4.78 is 9.08. The molecule has 156 valence electrons. The molecule has 1 saturated carbocycles. The normalized spacial score (nSPS) is 15.5. The van der Waals surface area contributed by atoms with Gasteiger partial charge in [-0.25, -0.2) is 0 Å². The molecule has 2 heterocycles. The highest BCUT2D eigenvalue weighted by atomic mass is 16.5. The zero-order valence-electron chi connectivity index (χ0n) is 19.0. The van der Waals surface area contributed by atoms with E-state index >= 15 is 0 Å². The molecule has 4 aromatic rings. The van der Waals surface area contributed by atoms with Gasteiger partial charge in [0.2, 0.25) is 5.69 Å². The molecule has 1 aromatic heterocycles. The van der Waals surface area contributed by atoms with Crippen LogP contribution in [0.3, 0.4) is 0 Å². The Labute approximate surface area is 184 Å². The first-order chi connectivity index (χ1) is 15.0. The Morgan fingerprint density at radius 2 is 1.65 bits per heavy atom. The summed E-state index contributed by atoms with van der Waals surface area (Å²) in [6.45, 7) is 6.69. The number of pyridine rings is 1. The predicted octanol–water partition coefficient (Wildman–Crippen LogP) is 7.25. The maximum absolute atomic E-state index is 6.77. The van der Waals surface area contributed by atoms with Gasteiger partial charge in [0.25, 0.3) is 0 Å². The second-order valence-corrected chi connectivity index (χ2v) is 9.74. The van der Waals surface area contributed by atoms with E-state index in [1.165, 1.54) is 87.2 Å². The Morgan fingerprint density at radius 1 is 0.935 bits per heavy atom. The molecule has 0 atom stereocenters. The highest BCUT2D eigenvalue weighted by molar-refractivity contribution is 6.07. The smallest absolute Gasteiger partial charge is 0.228 e. The topological polar surface area (TPSA) is 13.1 Å². The van der Waals surface area contributed by atoms with E-state index in [2.05, 4.69) is 75.0 Å². The summed E-state index contributed by atoms with van der Waals surface area (Å²) in [5.74, 6) is 2.89. The number of ether oxygens (including phenoxy) is 1. The standard InChI is InChI=1S/C29H30NO/c1-17-16-30(4)28-26-18(2)22-11-7-8-12-23(22)19(3)29(26)31-25-15-21(14-24(17)27(25)28)13-20-9-5-6-10-20/h7-8,11-12,14-16,20H,5-6,9-10,13H2,1-4H3/q+1. The fraction of sp³-hybridized carbons (Fsp3) is 0.345. The van der Waals surface area contributed by atoms with Gasteiger partial charge in [0.05, 0.1) is 10.9 Å². The summed E-state index contributed by atoms with van der Waals surface area (Å²) in [6, 6.07) is 13.5. The SMILES string of the molecule is Cc1c2c(c(C)c3ccccc13)-c1c3c(cc(CC4CCCC4)cc3c(C)c[n+]1C)O2. The summed E-state index contributed by atoms with van der Waals surface area (Å²) in [6.07, 6.45) is 8.98. The fourth-order valence-electron chi connectivity index (χ4n) is 6.15. The molecule has 0 unspecified atom stereocenters. The summed E-state index contributed by atoms with van der Waals surface area (Å²) in [5.41, 5.74) is 7.82. The van der Waals surface area contributed by atoms with Crippen LogP contribution in [0.15, 0.2) is 42.6 Å². The summed E-state index contributed by atoms with van der Waals surface area (Å²) >= 11 is 0. The zero-order chi connectivity index (χ0) is 21.3. The number of benzene rings is 3. The van der Waals surface area contributed by atoms with Crippen LogP contribution in [-0.4, -0.2) is 0 Å². The van der Waals surface area contributed by atoms with Crippen molar-refractivity contribution in [1.82, 2.24) is 0 Å². The minimum atomic E-state index is 0.827. The van der Waals surface area contributed by atoms with Crippen LogP contribution in [0, 0.1) is 26.7 Å². The maximum Gasteiger partial charge on any atom is 0.228 e. The highest BCUT2D eigenvalue weighted by Gasteiger charge is 2.33. The molecule has 2 heteroatoms. The van der Waals surface area contributed by atoms with E-state index in [1.807, 2.05) is 0 Å². The van der Waals surface area contributed by atoms with Crippen molar-refractivity contribution in [3.63, 3.8) is 0 Å². The van der Waals surface area contributed by atoms with E-state index in [0.29, 0.717) is 0 Å². The van der Waals surface area contributed by atoms with Gasteiger partial charge in [-0.2, -0.15) is 4.57 Å². The highest BCUT2D eigenvalue weighted by Crippen LogP contribution is 2.51. The second kappa shape index (κ2) is 6.82. The van der Waals surface area contributed by atoms with Crippen molar-refractivity contribution in [3.8, 4) is 22.8 Å². The molecule has 0 bridgehead atoms. The first-order valence-corrected chi connectivity index (χ1v) is 11.7. The van der Waals surface area contributed by atoms with Crippen LogP contribution in [0.1, 0.15) is 47.9 Å². The van der Waals surface area contributed by atoms with Gasteiger partial charge in [0.15, 0.2) is 6.20 Å². The van der Waals surface area contributed by atoms with Gasteiger partial charge in [-0.1, -0.05) is 56.0 Å². The molecule has 0 N–H and O–H groups in total. The number of hydrogen-bond donors (Lipinski definition) is 0. The molecule has 1 fully saturated rings. The van der Waals surface area contributed by atoms with E-state index in [0.717, 1.165) is 17.4 Å². The fourth-order valence-corrected chi connectivity index (χ4v) is 6.15. The van der Waals surface area contributed by atoms with Crippen molar-refractivity contribution in [2.45, 2.75) is 52.9 Å². The molecule has 0 amide bonds. The summed E-state index contributed by atoms with van der Waals surface area (Å²) in [4.78, 5) is 0. The minimum Gasteiger partial charge on any atom is -0.455 e. The molecule has 3 aromatic carbocycles. The van der Waals surface area contributed by atoms with Gasteiger partial charge in [-0.15, -0.1) is 0 Å². The maximum atomic E-state index is 6.77. The Bertz CT molecular complexity index is 1380. The zero-order valence-corrected chi connectivity index (χ0v) is 19.0. The lowest BCUT2D eigenvalue weighted by Gasteiger charge is -2.25. The largest absolute Gasteiger partial charge is 0.455 e. The third-order valence-electron chi connectivity index (χ3n) is 7.69. The van der Waals surface area contributed by atoms with Crippen LogP contribution in [0.25, 0.3) is 32.8 Å². The number of aryl methyl sites for hydroxylation is 4. The molecule has 0 spiro atoms. The molecule has 31 heavy (non-hydrogen) atoms. The third kappa shape index (κ3) is 2.74. The Hall–Kier alpha value is -2.87. The van der Waals surface area contributed by atoms with Crippen LogP contribution >= 0.6 is 0 Å². The molecular formula is C29H30NO+. The van der Waals surface area contributed by atoms with E-state index in [1.54, 1.807) is 0 Å². The minimum absolute atomic E-state index is 0.827. The lowest BCUT2D eigenvalue weighted by atomic mass is 9.87. The number of rotatable bonds is 2. The molecule has 1 aliphatic heterocycles. The van der Waals surface area contributed by atoms with Crippen LogP contribution < -0.4 is 9.30 Å². The number of aromatic nitrogens is 1. The Kier molecular flexibility index (Phi) is 4.15. The monoisotopic (exact) mass is 408 g/mol. The molecule has 2 aliphatic rings. The van der Waals surface area contributed by atoms with Crippen molar-refractivity contribution in [2.24, 2.45) is 13.0 Å². The quantitative estimate of drug-likeness (QED) is 0.280. The van der Waals surface area contributed by atoms with Crippen LogP contribution in [-0.2, 0) is 13.5 Å². The lowest BCUT2D eigenvalue weighted by Crippen LogP contribution is -2.33. The number of fused-ring (bicyclic) bond motifs is 3. The second-order valence-electron chi connectivity index (χ2n) is 9.74. The van der Waals surface area contributed by atoms with Crippen molar-refractivity contribution in [1.29, 1.82) is 0 Å². The molecule has 0 saturated heterocycles. The van der Waals surface area contributed by atoms with Gasteiger partial charge in [0, 0.05) is 16.5 Å². The Balaban J connectivity index is 1.67. The molecule has 6 rings (SSSR count). The first-order valence-electron chi connectivity index (χ1n) is 11.7. The molecule has 0 radical (unpaired) electrons. The summed E-state index contributed by atoms with van der Waals surface area (Å²) in [7, 11) is 2.18. The third-order valence-corrected chi connectivity index (χ3v) is 7.69. The lowest BCUT2D eigenvalue weighted by molar-refractivity contribution is -0.659. The van der Waals surface area contributed by atoms with Gasteiger partial charge in [-0.05, 0) is 61.1 Å². The summed E-state index contributed by atoms with van der Waals surface area (Å²) in [5, 5.41) is 5.21. The number of nitrogens with zero attached hydrogens (tertiary/aromatic N) is 1. The van der Waals surface area contributed by atoms with Crippen molar-refractivity contribution < 1.29 is 9.30 Å². The van der Waals surface area contributed by atoms with E-state index in [-0.39, 0.29) is 0 Å². The van der Waals surface area contributed by atoms with Crippen LogP contribution in [0.4, 0.5) is 0 Å². The molecule has 1 aliphatic carbocycles. The van der Waals surface area contributed by atoms with E-state index < -0.39 is 0 Å². The van der Waals surface area contributed by atoms with E-state index in [9.17, 15) is 0 Å². The van der Waals surface area contributed by atoms with Gasteiger partial charge < -0.3 is 4.74 Å². The molecule has 2 nitrogen and oxygen atoms in total. The Morgan fingerprint density at radius 3 is 2.39 bits per heavy atom. The molecular weight excluding hydrogens is 378 g/mol. The van der Waals surface area contributed by atoms with Crippen molar-refractivity contribution in [2.75, 3.05) is 0 Å². The van der Waals surface area contributed by atoms with Crippen molar-refractivity contribution >= 4 is 21.5 Å².